The number of aryl methyl sites for hydroxylation is 1. The standard InChI is InChI=1S/C24H27BO/c1-6-20-21(17-12-8-7-9-13-17)22-23(26-20)24(4,5)18-14-10-11-15-19(18)25(22)16(2)3/h7-16H,6H2,1-5H3. The maximum Gasteiger partial charge on any atom is 0.217 e. The molecule has 1 aliphatic rings. The van der Waals surface area contributed by atoms with Gasteiger partial charge < -0.3 is 4.42 Å². The van der Waals surface area contributed by atoms with Gasteiger partial charge in [0.05, 0.1) is 0 Å². The zero-order valence-electron chi connectivity index (χ0n) is 16.5. The SMILES string of the molecule is CCc1oc2c(c1-c1ccccc1)B(C(C)C)c1ccccc1C2(C)C. The van der Waals surface area contributed by atoms with E-state index in [0.717, 1.165) is 17.9 Å². The minimum absolute atomic E-state index is 0.117. The fourth-order valence-corrected chi connectivity index (χ4v) is 4.73. The monoisotopic (exact) mass is 342 g/mol. The average Bonchev–Trinajstić information content (AvgIpc) is 3.03. The summed E-state index contributed by atoms with van der Waals surface area (Å²) in [7, 11) is 0. The van der Waals surface area contributed by atoms with Gasteiger partial charge in [-0.05, 0) is 30.4 Å². The smallest absolute Gasteiger partial charge is 0.217 e. The van der Waals surface area contributed by atoms with Crippen LogP contribution in [-0.2, 0) is 11.8 Å². The molecule has 0 N–H and O–H groups in total. The largest absolute Gasteiger partial charge is 0.465 e. The van der Waals surface area contributed by atoms with Crippen molar-refractivity contribution in [1.29, 1.82) is 0 Å². The first kappa shape index (κ1) is 17.2. The maximum atomic E-state index is 6.59. The summed E-state index contributed by atoms with van der Waals surface area (Å²) < 4.78 is 6.59. The van der Waals surface area contributed by atoms with Gasteiger partial charge in [0.1, 0.15) is 11.5 Å². The summed E-state index contributed by atoms with van der Waals surface area (Å²) in [5.41, 5.74) is 6.75. The lowest BCUT2D eigenvalue weighted by Gasteiger charge is -2.36. The Hall–Kier alpha value is -2.22. The van der Waals surface area contributed by atoms with Crippen molar-refractivity contribution in [2.75, 3.05) is 0 Å². The zero-order chi connectivity index (χ0) is 18.5. The van der Waals surface area contributed by atoms with E-state index in [2.05, 4.69) is 89.2 Å². The molecule has 0 saturated carbocycles. The van der Waals surface area contributed by atoms with Gasteiger partial charge in [-0.1, -0.05) is 86.6 Å². The Morgan fingerprint density at radius 1 is 0.962 bits per heavy atom. The molecule has 3 aromatic rings. The van der Waals surface area contributed by atoms with Crippen LogP contribution in [0.2, 0.25) is 5.82 Å². The molecule has 0 atom stereocenters. The highest BCUT2D eigenvalue weighted by molar-refractivity contribution is 6.88. The van der Waals surface area contributed by atoms with Crippen molar-refractivity contribution in [2.24, 2.45) is 0 Å². The second-order valence-electron chi connectivity index (χ2n) is 8.30. The molecule has 1 nitrogen and oxygen atoms in total. The summed E-state index contributed by atoms with van der Waals surface area (Å²) >= 11 is 0. The van der Waals surface area contributed by atoms with Crippen LogP contribution < -0.4 is 10.9 Å². The van der Waals surface area contributed by atoms with Gasteiger partial charge >= 0.3 is 0 Å². The summed E-state index contributed by atoms with van der Waals surface area (Å²) in [6, 6.07) is 19.7. The van der Waals surface area contributed by atoms with Crippen molar-refractivity contribution in [3.8, 4) is 11.1 Å². The summed E-state index contributed by atoms with van der Waals surface area (Å²) in [6.07, 6.45) is 0.911. The Labute approximate surface area is 157 Å². The van der Waals surface area contributed by atoms with E-state index < -0.39 is 0 Å². The Morgan fingerprint density at radius 2 is 1.62 bits per heavy atom. The number of rotatable bonds is 3. The fraction of sp³-hybridized carbons (Fsp3) is 0.333. The number of furan rings is 1. The second kappa shape index (κ2) is 6.19. The van der Waals surface area contributed by atoms with Gasteiger partial charge in [0.2, 0.25) is 6.71 Å². The highest BCUT2D eigenvalue weighted by atomic mass is 16.3. The highest BCUT2D eigenvalue weighted by Gasteiger charge is 2.45. The topological polar surface area (TPSA) is 13.1 Å². The van der Waals surface area contributed by atoms with Crippen LogP contribution in [0.4, 0.5) is 0 Å². The van der Waals surface area contributed by atoms with Crippen molar-refractivity contribution in [3.05, 3.63) is 71.7 Å². The summed E-state index contributed by atoms with van der Waals surface area (Å²) in [5, 5.41) is 0. The van der Waals surface area contributed by atoms with E-state index in [1.54, 1.807) is 0 Å². The summed E-state index contributed by atoms with van der Waals surface area (Å²) in [5.74, 6) is 2.79. The quantitative estimate of drug-likeness (QED) is 0.599. The Balaban J connectivity index is 2.09. The van der Waals surface area contributed by atoms with E-state index >= 15 is 0 Å². The average molecular weight is 342 g/mol. The molecule has 26 heavy (non-hydrogen) atoms. The molecule has 0 bridgehead atoms. The lowest BCUT2D eigenvalue weighted by atomic mass is 9.30. The van der Waals surface area contributed by atoms with Crippen molar-refractivity contribution < 1.29 is 4.42 Å². The molecule has 4 rings (SSSR count). The third-order valence-corrected chi connectivity index (χ3v) is 5.92. The van der Waals surface area contributed by atoms with Gasteiger partial charge in [0.15, 0.2) is 0 Å². The molecule has 2 heterocycles. The second-order valence-corrected chi connectivity index (χ2v) is 8.30. The van der Waals surface area contributed by atoms with Crippen LogP contribution in [0.5, 0.6) is 0 Å². The Kier molecular flexibility index (Phi) is 4.10. The van der Waals surface area contributed by atoms with Gasteiger partial charge in [-0.15, -0.1) is 0 Å². The van der Waals surface area contributed by atoms with E-state index in [1.807, 2.05) is 0 Å². The molecule has 0 aliphatic carbocycles. The molecule has 0 fully saturated rings. The summed E-state index contributed by atoms with van der Waals surface area (Å²) in [6.45, 7) is 11.8. The van der Waals surface area contributed by atoms with Crippen molar-refractivity contribution in [3.63, 3.8) is 0 Å². The van der Waals surface area contributed by atoms with Crippen LogP contribution >= 0.6 is 0 Å². The van der Waals surface area contributed by atoms with Gasteiger partial charge in [-0.3, -0.25) is 0 Å². The van der Waals surface area contributed by atoms with Crippen LogP contribution in [-0.4, -0.2) is 6.71 Å². The van der Waals surface area contributed by atoms with Gasteiger partial charge in [0, 0.05) is 17.4 Å². The van der Waals surface area contributed by atoms with Gasteiger partial charge in [-0.2, -0.15) is 0 Å². The maximum absolute atomic E-state index is 6.59. The molecule has 0 saturated heterocycles. The zero-order valence-corrected chi connectivity index (χ0v) is 16.5. The van der Waals surface area contributed by atoms with Crippen LogP contribution in [0.1, 0.15) is 51.7 Å². The van der Waals surface area contributed by atoms with Crippen molar-refractivity contribution in [2.45, 2.75) is 52.3 Å². The molecule has 1 aromatic heterocycles. The first-order chi connectivity index (χ1) is 12.5. The molecule has 0 unspecified atom stereocenters. The number of hydrogen-bond donors (Lipinski definition) is 0. The van der Waals surface area contributed by atoms with Crippen LogP contribution in [0.3, 0.4) is 0 Å². The third kappa shape index (κ3) is 2.39. The van der Waals surface area contributed by atoms with E-state index in [-0.39, 0.29) is 5.41 Å². The molecule has 0 amide bonds. The molecule has 1 aliphatic heterocycles. The van der Waals surface area contributed by atoms with Crippen LogP contribution in [0.25, 0.3) is 11.1 Å². The third-order valence-electron chi connectivity index (χ3n) is 5.92. The molecule has 0 radical (unpaired) electrons. The number of benzene rings is 2. The molecule has 0 spiro atoms. The van der Waals surface area contributed by atoms with E-state index in [4.69, 9.17) is 4.42 Å². The minimum Gasteiger partial charge on any atom is -0.465 e. The summed E-state index contributed by atoms with van der Waals surface area (Å²) in [4.78, 5) is 0. The predicted octanol–water partition coefficient (Wildman–Crippen LogP) is 5.17. The van der Waals surface area contributed by atoms with E-state index in [9.17, 15) is 0 Å². The van der Waals surface area contributed by atoms with Crippen LogP contribution in [0, 0.1) is 0 Å². The lowest BCUT2D eigenvalue weighted by molar-refractivity contribution is 0.408. The van der Waals surface area contributed by atoms with Crippen molar-refractivity contribution in [1.82, 2.24) is 0 Å². The predicted molar refractivity (Wildman–Crippen MR) is 112 cm³/mol. The number of fused-ring (bicyclic) bond motifs is 2. The van der Waals surface area contributed by atoms with Gasteiger partial charge in [-0.25, -0.2) is 0 Å². The van der Waals surface area contributed by atoms with Gasteiger partial charge in [0.25, 0.3) is 0 Å². The lowest BCUT2D eigenvalue weighted by Crippen LogP contribution is -2.55. The molecular weight excluding hydrogens is 315 g/mol. The van der Waals surface area contributed by atoms with Crippen molar-refractivity contribution >= 4 is 17.6 Å². The Morgan fingerprint density at radius 3 is 2.27 bits per heavy atom. The van der Waals surface area contributed by atoms with E-state index in [0.29, 0.717) is 12.5 Å². The minimum atomic E-state index is -0.117. The normalized spacial score (nSPS) is 15.1. The Bertz CT molecular complexity index is 934. The first-order valence-corrected chi connectivity index (χ1v) is 9.77. The van der Waals surface area contributed by atoms with E-state index in [1.165, 1.54) is 27.6 Å². The van der Waals surface area contributed by atoms with Crippen LogP contribution in [0.15, 0.2) is 59.0 Å². The highest BCUT2D eigenvalue weighted by Crippen LogP contribution is 2.40. The molecule has 2 aromatic carbocycles. The number of hydrogen-bond acceptors (Lipinski definition) is 1. The first-order valence-electron chi connectivity index (χ1n) is 9.77. The molecular formula is C24H27BO. The molecule has 132 valence electrons. The molecule has 2 heteroatoms. The fourth-order valence-electron chi connectivity index (χ4n) is 4.73.